The van der Waals surface area contributed by atoms with E-state index in [0.29, 0.717) is 43.5 Å². The monoisotopic (exact) mass is 893 g/mol. The maximum atomic E-state index is 11.1. The van der Waals surface area contributed by atoms with Gasteiger partial charge in [0.2, 0.25) is 0 Å². The van der Waals surface area contributed by atoms with Crippen LogP contribution < -0.4 is 18.9 Å². The summed E-state index contributed by atoms with van der Waals surface area (Å²) in [5.41, 5.74) is 5.91. The van der Waals surface area contributed by atoms with Crippen molar-refractivity contribution in [3.05, 3.63) is 145 Å². The number of pyridine rings is 2. The molecule has 346 valence electrons. The third-order valence-electron chi connectivity index (χ3n) is 10.7. The summed E-state index contributed by atoms with van der Waals surface area (Å²) in [4.78, 5) is 31.5. The number of carbonyl (C=O) groups is 2. The highest BCUT2D eigenvalue weighted by Crippen LogP contribution is 2.31. The summed E-state index contributed by atoms with van der Waals surface area (Å²) < 4.78 is 34.3. The Hall–Kier alpha value is -6.93. The second kappa shape index (κ2) is 29.5. The molecule has 2 heterocycles. The second-order valence-corrected chi connectivity index (χ2v) is 15.9. The number of esters is 2. The Morgan fingerprint density at radius 1 is 0.485 bits per heavy atom. The van der Waals surface area contributed by atoms with E-state index in [1.165, 1.54) is 25.0 Å². The molecule has 11 heteroatoms. The van der Waals surface area contributed by atoms with Gasteiger partial charge in [-0.25, -0.2) is 9.59 Å². The lowest BCUT2D eigenvalue weighted by atomic mass is 10.1. The van der Waals surface area contributed by atoms with Gasteiger partial charge < -0.3 is 28.4 Å². The molecule has 66 heavy (non-hydrogen) atoms. The number of carbonyl (C=O) groups excluding carboxylic acids is 2. The smallest absolute Gasteiger partial charge is 0.330 e. The largest absolute Gasteiger partial charge is 0.494 e. The van der Waals surface area contributed by atoms with Crippen LogP contribution in [-0.4, -0.2) is 48.3 Å². The topological polar surface area (TPSA) is 139 Å². The van der Waals surface area contributed by atoms with Gasteiger partial charge >= 0.3 is 11.9 Å². The van der Waals surface area contributed by atoms with Crippen molar-refractivity contribution in [3.63, 3.8) is 0 Å². The number of aromatic nitrogens is 2. The van der Waals surface area contributed by atoms with Crippen LogP contribution in [-0.2, 0) is 32.3 Å². The van der Waals surface area contributed by atoms with Gasteiger partial charge in [0.1, 0.15) is 24.7 Å². The summed E-state index contributed by atoms with van der Waals surface area (Å²) in [6.45, 7) is 9.61. The van der Waals surface area contributed by atoms with Gasteiger partial charge in [0.15, 0.2) is 11.5 Å². The Morgan fingerprint density at radius 2 is 0.894 bits per heavy atom. The number of rotatable bonds is 32. The van der Waals surface area contributed by atoms with E-state index in [4.69, 9.17) is 28.4 Å². The summed E-state index contributed by atoms with van der Waals surface area (Å²) in [6.07, 6.45) is 21.1. The van der Waals surface area contributed by atoms with E-state index in [9.17, 15) is 14.9 Å². The minimum atomic E-state index is -0.355. The number of unbranched alkanes of at least 4 members (excludes halogenated alkanes) is 12. The zero-order chi connectivity index (χ0) is 46.4. The first-order valence-electron chi connectivity index (χ1n) is 23.2. The SMILES string of the molecule is C=CC(=O)OCCCCCCCCCOc1ccc(-c2ccc(COc3ccc(C#N)cc3OCc3ccc(-c4ccc(OCCCCCCCCCOC(=O)C=C)cc4)nc3)cn2)cc1. The molecule has 5 rings (SSSR count). The third kappa shape index (κ3) is 18.7. The molecule has 0 unspecified atom stereocenters. The van der Waals surface area contributed by atoms with Gasteiger partial charge in [-0.3, -0.25) is 9.97 Å². The Kier molecular flexibility index (Phi) is 22.4. The van der Waals surface area contributed by atoms with Crippen LogP contribution in [0.25, 0.3) is 22.5 Å². The molecule has 5 aromatic rings. The highest BCUT2D eigenvalue weighted by molar-refractivity contribution is 5.81. The molecule has 0 fully saturated rings. The fourth-order valence-corrected chi connectivity index (χ4v) is 6.96. The van der Waals surface area contributed by atoms with Crippen molar-refractivity contribution in [2.24, 2.45) is 0 Å². The molecule has 0 aliphatic carbocycles. The van der Waals surface area contributed by atoms with Crippen molar-refractivity contribution < 1.29 is 38.0 Å². The number of nitrogens with zero attached hydrogens (tertiary/aromatic N) is 3. The van der Waals surface area contributed by atoms with Crippen molar-refractivity contribution >= 4 is 11.9 Å². The average molecular weight is 894 g/mol. The van der Waals surface area contributed by atoms with Crippen LogP contribution in [0.15, 0.2) is 129 Å². The van der Waals surface area contributed by atoms with E-state index in [1.807, 2.05) is 72.8 Å². The zero-order valence-electron chi connectivity index (χ0n) is 38.1. The molecule has 0 amide bonds. The molecule has 0 N–H and O–H groups in total. The summed E-state index contributed by atoms with van der Waals surface area (Å²) in [6, 6.07) is 31.2. The fraction of sp³-hybridized carbons (Fsp3) is 0.364. The minimum absolute atomic E-state index is 0.249. The molecular weight excluding hydrogens is 831 g/mol. The third-order valence-corrected chi connectivity index (χ3v) is 10.7. The number of benzene rings is 3. The highest BCUT2D eigenvalue weighted by Gasteiger charge is 2.10. The van der Waals surface area contributed by atoms with Gasteiger partial charge in [-0.15, -0.1) is 0 Å². The molecule has 0 aliphatic heterocycles. The van der Waals surface area contributed by atoms with Crippen molar-refractivity contribution in [2.75, 3.05) is 26.4 Å². The molecule has 11 nitrogen and oxygen atoms in total. The van der Waals surface area contributed by atoms with Crippen LogP contribution in [0.2, 0.25) is 0 Å². The second-order valence-electron chi connectivity index (χ2n) is 15.9. The van der Waals surface area contributed by atoms with E-state index in [2.05, 4.69) is 29.2 Å². The molecule has 0 bridgehead atoms. The molecule has 0 spiro atoms. The van der Waals surface area contributed by atoms with E-state index in [1.54, 1.807) is 30.6 Å². The predicted molar refractivity (Wildman–Crippen MR) is 257 cm³/mol. The quantitative estimate of drug-likeness (QED) is 0.0231. The van der Waals surface area contributed by atoms with Gasteiger partial charge in [0.25, 0.3) is 0 Å². The van der Waals surface area contributed by atoms with Gasteiger partial charge in [-0.1, -0.05) is 89.5 Å². The van der Waals surface area contributed by atoms with Crippen LogP contribution in [0.4, 0.5) is 0 Å². The first-order chi connectivity index (χ1) is 32.4. The van der Waals surface area contributed by atoms with Gasteiger partial charge in [-0.2, -0.15) is 5.26 Å². The number of nitriles is 1. The summed E-state index contributed by atoms with van der Waals surface area (Å²) >= 11 is 0. The number of ether oxygens (including phenoxy) is 6. The van der Waals surface area contributed by atoms with Gasteiger partial charge in [0.05, 0.1) is 49.4 Å². The minimum Gasteiger partial charge on any atom is -0.494 e. The van der Waals surface area contributed by atoms with Crippen molar-refractivity contribution in [1.82, 2.24) is 9.97 Å². The maximum Gasteiger partial charge on any atom is 0.330 e. The summed E-state index contributed by atoms with van der Waals surface area (Å²) in [5.74, 6) is 1.96. The lowest BCUT2D eigenvalue weighted by molar-refractivity contribution is -0.138. The summed E-state index contributed by atoms with van der Waals surface area (Å²) in [7, 11) is 0. The highest BCUT2D eigenvalue weighted by atomic mass is 16.5. The van der Waals surface area contributed by atoms with E-state index in [0.717, 1.165) is 122 Å². The van der Waals surface area contributed by atoms with Crippen LogP contribution in [0.5, 0.6) is 23.0 Å². The lowest BCUT2D eigenvalue weighted by Crippen LogP contribution is -2.02. The lowest BCUT2D eigenvalue weighted by Gasteiger charge is -2.14. The van der Waals surface area contributed by atoms with Gasteiger partial charge in [0, 0.05) is 52.9 Å². The number of hydrogen-bond donors (Lipinski definition) is 0. The molecule has 3 aromatic carbocycles. The molecular formula is C55H63N3O8. The average Bonchev–Trinajstić information content (AvgIpc) is 3.36. The van der Waals surface area contributed by atoms with Crippen molar-refractivity contribution in [3.8, 4) is 51.6 Å². The van der Waals surface area contributed by atoms with Crippen LogP contribution in [0, 0.1) is 11.3 Å². The van der Waals surface area contributed by atoms with Crippen molar-refractivity contribution in [1.29, 1.82) is 5.26 Å². The zero-order valence-corrected chi connectivity index (χ0v) is 38.1. The Labute approximate surface area is 390 Å². The van der Waals surface area contributed by atoms with E-state index >= 15 is 0 Å². The normalized spacial score (nSPS) is 10.7. The van der Waals surface area contributed by atoms with Crippen molar-refractivity contribution in [2.45, 2.75) is 103 Å². The molecule has 0 atom stereocenters. The maximum absolute atomic E-state index is 11.1. The van der Waals surface area contributed by atoms with Gasteiger partial charge in [-0.05, 0) is 98.5 Å². The Balaban J connectivity index is 0.982. The Bertz CT molecular complexity index is 2250. The first kappa shape index (κ1) is 50.1. The van der Waals surface area contributed by atoms with Crippen LogP contribution in [0.1, 0.15) is 107 Å². The molecule has 0 saturated carbocycles. The van der Waals surface area contributed by atoms with Crippen LogP contribution in [0.3, 0.4) is 0 Å². The predicted octanol–water partition coefficient (Wildman–Crippen LogP) is 12.5. The molecule has 2 aromatic heterocycles. The summed E-state index contributed by atoms with van der Waals surface area (Å²) in [5, 5.41) is 9.58. The first-order valence-corrected chi connectivity index (χ1v) is 23.2. The van der Waals surface area contributed by atoms with Crippen LogP contribution >= 0.6 is 0 Å². The van der Waals surface area contributed by atoms with E-state index in [-0.39, 0.29) is 25.2 Å². The molecule has 0 radical (unpaired) electrons. The number of hydrogen-bond acceptors (Lipinski definition) is 11. The fourth-order valence-electron chi connectivity index (χ4n) is 6.96. The van der Waals surface area contributed by atoms with E-state index < -0.39 is 0 Å². The molecule has 0 aliphatic rings. The standard InChI is InChI=1S/C55H63N3O8/c1-3-54(59)63-35-17-13-9-5-7-11-15-33-61-48-26-22-46(23-27-48)50-30-19-44(39-57-50)41-65-52-32-21-43(38-56)37-53(52)66-42-45-20-31-51(58-40-45)47-24-28-49(29-25-47)62-34-16-12-8-6-10-14-18-36-64-55(60)4-2/h3-4,19-32,37,39-40H,1-2,5-18,33-36,41-42H2. The molecule has 0 saturated heterocycles. The Morgan fingerprint density at radius 3 is 1.29 bits per heavy atom.